The maximum absolute atomic E-state index is 12.4. The van der Waals surface area contributed by atoms with Crippen molar-refractivity contribution in [2.45, 2.75) is 33.7 Å². The smallest absolute Gasteiger partial charge is 0.241 e. The standard InChI is InChI=1S/C17H27ClN2O4S/c1-11(2)17(12(3)4)19-16(21)10-20(25(6,22)23)13-7-8-15(24-5)14(18)9-13/h7-9,11-12,17H,10H2,1-6H3,(H,19,21). The quantitative estimate of drug-likeness (QED) is 0.740. The summed E-state index contributed by atoms with van der Waals surface area (Å²) in [6.45, 7) is 7.76. The molecule has 0 saturated carbocycles. The van der Waals surface area contributed by atoms with Crippen molar-refractivity contribution in [3.8, 4) is 5.75 Å². The van der Waals surface area contributed by atoms with Crippen LogP contribution in [0.3, 0.4) is 0 Å². The minimum atomic E-state index is -3.65. The van der Waals surface area contributed by atoms with Crippen LogP contribution in [0.25, 0.3) is 0 Å². The van der Waals surface area contributed by atoms with E-state index in [4.69, 9.17) is 16.3 Å². The van der Waals surface area contributed by atoms with Gasteiger partial charge in [-0.15, -0.1) is 0 Å². The Morgan fingerprint density at radius 3 is 2.20 bits per heavy atom. The van der Waals surface area contributed by atoms with Crippen LogP contribution >= 0.6 is 11.6 Å². The van der Waals surface area contributed by atoms with Crippen molar-refractivity contribution in [2.75, 3.05) is 24.2 Å². The summed E-state index contributed by atoms with van der Waals surface area (Å²) in [6, 6.07) is 4.56. The molecule has 0 aliphatic heterocycles. The van der Waals surface area contributed by atoms with E-state index in [0.717, 1.165) is 10.6 Å². The predicted octanol–water partition coefficient (Wildman–Crippen LogP) is 2.91. The highest BCUT2D eigenvalue weighted by molar-refractivity contribution is 7.92. The molecular formula is C17H27ClN2O4S. The van der Waals surface area contributed by atoms with Gasteiger partial charge in [-0.05, 0) is 30.0 Å². The molecule has 0 aliphatic carbocycles. The molecule has 1 rings (SSSR count). The molecule has 0 aromatic heterocycles. The van der Waals surface area contributed by atoms with Crippen LogP contribution in [-0.4, -0.2) is 40.3 Å². The summed E-state index contributed by atoms with van der Waals surface area (Å²) in [7, 11) is -2.18. The van der Waals surface area contributed by atoms with Crippen molar-refractivity contribution in [2.24, 2.45) is 11.8 Å². The minimum Gasteiger partial charge on any atom is -0.495 e. The first-order valence-corrected chi connectivity index (χ1v) is 10.3. The minimum absolute atomic E-state index is 0.0339. The zero-order chi connectivity index (χ0) is 19.4. The number of ether oxygens (including phenoxy) is 1. The fourth-order valence-electron chi connectivity index (χ4n) is 2.68. The second kappa shape index (κ2) is 8.76. The van der Waals surface area contributed by atoms with Gasteiger partial charge in [-0.2, -0.15) is 0 Å². The number of rotatable bonds is 8. The second-order valence-electron chi connectivity index (χ2n) is 6.67. The van der Waals surface area contributed by atoms with Gasteiger partial charge in [0.15, 0.2) is 0 Å². The van der Waals surface area contributed by atoms with E-state index in [1.54, 1.807) is 12.1 Å². The number of carbonyl (C=O) groups excluding carboxylic acids is 1. The van der Waals surface area contributed by atoms with Crippen molar-refractivity contribution in [1.82, 2.24) is 5.32 Å². The third kappa shape index (κ3) is 6.08. The molecule has 0 fully saturated rings. The molecule has 0 spiro atoms. The van der Waals surface area contributed by atoms with Crippen LogP contribution in [0.4, 0.5) is 5.69 Å². The molecule has 0 unspecified atom stereocenters. The fourth-order valence-corrected chi connectivity index (χ4v) is 3.78. The Bertz CT molecular complexity index is 697. The number of nitrogens with zero attached hydrogens (tertiary/aromatic N) is 1. The Balaban J connectivity index is 3.06. The number of carbonyl (C=O) groups is 1. The highest BCUT2D eigenvalue weighted by Gasteiger charge is 2.25. The molecule has 1 N–H and O–H groups in total. The summed E-state index contributed by atoms with van der Waals surface area (Å²) in [5.74, 6) is 0.560. The van der Waals surface area contributed by atoms with Crippen LogP contribution in [0.15, 0.2) is 18.2 Å². The maximum Gasteiger partial charge on any atom is 0.241 e. The molecule has 0 saturated heterocycles. The molecule has 1 amide bonds. The van der Waals surface area contributed by atoms with Gasteiger partial charge in [0.05, 0.1) is 24.1 Å². The third-order valence-electron chi connectivity index (χ3n) is 3.88. The van der Waals surface area contributed by atoms with E-state index in [1.165, 1.54) is 13.2 Å². The number of sulfonamides is 1. The van der Waals surface area contributed by atoms with Gasteiger partial charge in [0.25, 0.3) is 0 Å². The van der Waals surface area contributed by atoms with E-state index in [-0.39, 0.29) is 35.4 Å². The van der Waals surface area contributed by atoms with Crippen molar-refractivity contribution in [3.63, 3.8) is 0 Å². The van der Waals surface area contributed by atoms with Crippen molar-refractivity contribution >= 4 is 33.2 Å². The molecule has 6 nitrogen and oxygen atoms in total. The Morgan fingerprint density at radius 1 is 1.24 bits per heavy atom. The normalized spacial score (nSPS) is 11.9. The monoisotopic (exact) mass is 390 g/mol. The topological polar surface area (TPSA) is 75.7 Å². The lowest BCUT2D eigenvalue weighted by molar-refractivity contribution is -0.121. The zero-order valence-corrected chi connectivity index (χ0v) is 17.1. The highest BCUT2D eigenvalue weighted by Crippen LogP contribution is 2.30. The highest BCUT2D eigenvalue weighted by atomic mass is 35.5. The number of nitrogens with one attached hydrogen (secondary N) is 1. The van der Waals surface area contributed by atoms with Gasteiger partial charge in [0.2, 0.25) is 15.9 Å². The largest absolute Gasteiger partial charge is 0.495 e. The van der Waals surface area contributed by atoms with E-state index in [9.17, 15) is 13.2 Å². The van der Waals surface area contributed by atoms with Crippen LogP contribution in [-0.2, 0) is 14.8 Å². The fraction of sp³-hybridized carbons (Fsp3) is 0.588. The van der Waals surface area contributed by atoms with Gasteiger partial charge in [-0.1, -0.05) is 39.3 Å². The average molecular weight is 391 g/mol. The van der Waals surface area contributed by atoms with Crippen LogP contribution in [0.2, 0.25) is 5.02 Å². The van der Waals surface area contributed by atoms with Gasteiger partial charge < -0.3 is 10.1 Å². The van der Waals surface area contributed by atoms with Crippen LogP contribution in [0.5, 0.6) is 5.75 Å². The van der Waals surface area contributed by atoms with Gasteiger partial charge in [-0.3, -0.25) is 9.10 Å². The first kappa shape index (κ1) is 21.6. The number of methoxy groups -OCH3 is 1. The van der Waals surface area contributed by atoms with Crippen LogP contribution in [0.1, 0.15) is 27.7 Å². The average Bonchev–Trinajstić information content (AvgIpc) is 2.48. The van der Waals surface area contributed by atoms with E-state index in [2.05, 4.69) is 5.32 Å². The first-order valence-electron chi connectivity index (χ1n) is 8.08. The molecule has 1 aromatic rings. The second-order valence-corrected chi connectivity index (χ2v) is 8.98. The van der Waals surface area contributed by atoms with Crippen LogP contribution < -0.4 is 14.4 Å². The molecule has 0 radical (unpaired) electrons. The van der Waals surface area contributed by atoms with E-state index >= 15 is 0 Å². The van der Waals surface area contributed by atoms with Gasteiger partial charge in [0, 0.05) is 6.04 Å². The molecule has 1 aromatic carbocycles. The Labute approximate surface area is 155 Å². The Hall–Kier alpha value is -1.47. The van der Waals surface area contributed by atoms with Crippen LogP contribution in [0, 0.1) is 11.8 Å². The molecule has 0 heterocycles. The lowest BCUT2D eigenvalue weighted by Gasteiger charge is -2.28. The SMILES string of the molecule is COc1ccc(N(CC(=O)NC(C(C)C)C(C)C)S(C)(=O)=O)cc1Cl. The van der Waals surface area contributed by atoms with Gasteiger partial charge in [-0.25, -0.2) is 8.42 Å². The summed E-state index contributed by atoms with van der Waals surface area (Å²) in [5.41, 5.74) is 0.314. The third-order valence-corrected chi connectivity index (χ3v) is 5.31. The number of hydrogen-bond donors (Lipinski definition) is 1. The molecule has 0 atom stereocenters. The summed E-state index contributed by atoms with van der Waals surface area (Å²) >= 11 is 6.08. The molecule has 8 heteroatoms. The number of amides is 1. The van der Waals surface area contributed by atoms with Gasteiger partial charge >= 0.3 is 0 Å². The summed E-state index contributed by atoms with van der Waals surface area (Å²) < 4.78 is 30.4. The van der Waals surface area contributed by atoms with E-state index in [1.807, 2.05) is 27.7 Å². The van der Waals surface area contributed by atoms with E-state index in [0.29, 0.717) is 11.4 Å². The van der Waals surface area contributed by atoms with Crippen molar-refractivity contribution < 1.29 is 17.9 Å². The number of hydrogen-bond acceptors (Lipinski definition) is 4. The Kier molecular flexibility index (Phi) is 7.56. The first-order chi connectivity index (χ1) is 11.5. The lowest BCUT2D eigenvalue weighted by Crippen LogP contribution is -2.47. The molecule has 0 aliphatic rings. The van der Waals surface area contributed by atoms with E-state index < -0.39 is 10.0 Å². The van der Waals surface area contributed by atoms with Gasteiger partial charge in [0.1, 0.15) is 12.3 Å². The number of halogens is 1. The predicted molar refractivity (Wildman–Crippen MR) is 102 cm³/mol. The lowest BCUT2D eigenvalue weighted by atomic mass is 9.93. The Morgan fingerprint density at radius 2 is 1.80 bits per heavy atom. The summed E-state index contributed by atoms with van der Waals surface area (Å²) in [5, 5.41) is 3.20. The molecule has 25 heavy (non-hydrogen) atoms. The number of benzene rings is 1. The molecule has 142 valence electrons. The summed E-state index contributed by atoms with van der Waals surface area (Å²) in [4.78, 5) is 12.4. The summed E-state index contributed by atoms with van der Waals surface area (Å²) in [6.07, 6.45) is 1.06. The number of anilines is 1. The zero-order valence-electron chi connectivity index (χ0n) is 15.5. The molecule has 0 bridgehead atoms. The molecular weight excluding hydrogens is 364 g/mol. The van der Waals surface area contributed by atoms with Crippen molar-refractivity contribution in [3.05, 3.63) is 23.2 Å². The van der Waals surface area contributed by atoms with Crippen molar-refractivity contribution in [1.29, 1.82) is 0 Å². The maximum atomic E-state index is 12.4.